The average molecular weight is 388 g/mol. The van der Waals surface area contributed by atoms with Gasteiger partial charge in [-0.1, -0.05) is 6.42 Å². The quantitative estimate of drug-likeness (QED) is 0.470. The Hall–Kier alpha value is -3.06. The number of hydrogen-bond acceptors (Lipinski definition) is 6. The Labute approximate surface area is 169 Å². The molecule has 29 heavy (non-hydrogen) atoms. The number of piperidine rings is 1. The molecule has 0 bridgehead atoms. The van der Waals surface area contributed by atoms with Crippen molar-refractivity contribution in [3.8, 4) is 17.0 Å². The first-order valence-corrected chi connectivity index (χ1v) is 10.3. The van der Waals surface area contributed by atoms with Gasteiger partial charge in [-0.05, 0) is 68.8 Å². The maximum Gasteiger partial charge on any atom is 0.203 e. The molecule has 0 saturated carbocycles. The number of aromatic nitrogens is 5. The van der Waals surface area contributed by atoms with E-state index in [1.807, 2.05) is 36.4 Å². The largest absolute Gasteiger partial charge is 0.494 e. The second-order valence-corrected chi connectivity index (χ2v) is 7.48. The molecule has 1 aliphatic heterocycles. The Morgan fingerprint density at radius 2 is 1.86 bits per heavy atom. The molecule has 0 amide bonds. The Kier molecular flexibility index (Phi) is 5.04. The van der Waals surface area contributed by atoms with Crippen LogP contribution in [0.1, 0.15) is 25.7 Å². The van der Waals surface area contributed by atoms with Crippen LogP contribution in [0.5, 0.6) is 5.75 Å². The summed E-state index contributed by atoms with van der Waals surface area (Å²) >= 11 is 0. The van der Waals surface area contributed by atoms with Crippen LogP contribution in [-0.2, 0) is 0 Å². The summed E-state index contributed by atoms with van der Waals surface area (Å²) in [4.78, 5) is 7.03. The lowest BCUT2D eigenvalue weighted by atomic mass is 10.1. The van der Waals surface area contributed by atoms with Gasteiger partial charge in [-0.15, -0.1) is 10.2 Å². The summed E-state index contributed by atoms with van der Waals surface area (Å²) in [5.41, 5.74) is 3.34. The summed E-state index contributed by atoms with van der Waals surface area (Å²) in [6, 6.07) is 12.0. The average Bonchev–Trinajstić information content (AvgIpc) is 3.26. The third-order valence-electron chi connectivity index (χ3n) is 5.48. The first-order valence-electron chi connectivity index (χ1n) is 10.3. The summed E-state index contributed by atoms with van der Waals surface area (Å²) in [6.07, 6.45) is 8.48. The first kappa shape index (κ1) is 18.0. The topological polar surface area (TPSA) is 68.4 Å². The zero-order chi connectivity index (χ0) is 19.5. The van der Waals surface area contributed by atoms with Gasteiger partial charge in [-0.2, -0.15) is 9.61 Å². The number of nitrogens with zero attached hydrogens (tertiary/aromatic N) is 6. The minimum absolute atomic E-state index is 0.665. The molecule has 148 valence electrons. The summed E-state index contributed by atoms with van der Waals surface area (Å²) in [5.74, 6) is 0.889. The van der Waals surface area contributed by atoms with Gasteiger partial charge in [0.05, 0.1) is 6.61 Å². The molecule has 3 aromatic heterocycles. The predicted octanol–water partition coefficient (Wildman–Crippen LogP) is 3.59. The Bertz CT molecular complexity index is 1100. The first-order chi connectivity index (χ1) is 14.4. The fourth-order valence-electron chi connectivity index (χ4n) is 3.98. The smallest absolute Gasteiger partial charge is 0.203 e. The highest BCUT2D eigenvalue weighted by Crippen LogP contribution is 2.28. The van der Waals surface area contributed by atoms with Gasteiger partial charge in [0.25, 0.3) is 0 Å². The highest BCUT2D eigenvalue weighted by Gasteiger charge is 2.13. The lowest BCUT2D eigenvalue weighted by Crippen LogP contribution is -2.31. The van der Waals surface area contributed by atoms with E-state index in [0.717, 1.165) is 47.5 Å². The van der Waals surface area contributed by atoms with Crippen molar-refractivity contribution in [3.05, 3.63) is 48.9 Å². The Balaban J connectivity index is 1.30. The standard InChI is InChI=1S/C22H24N6O/c1-2-12-27(13-3-1)14-5-15-29-18-9-7-17(8-10-18)20-19-6-4-11-23-21(19)22-25-24-16-28(22)26-20/h4,6-11,16H,1-3,5,12-15H2. The summed E-state index contributed by atoms with van der Waals surface area (Å²) in [7, 11) is 0. The number of pyridine rings is 1. The van der Waals surface area contributed by atoms with E-state index in [1.165, 1.54) is 32.4 Å². The van der Waals surface area contributed by atoms with Crippen LogP contribution in [0.3, 0.4) is 0 Å². The van der Waals surface area contributed by atoms with Gasteiger partial charge >= 0.3 is 0 Å². The molecule has 0 atom stereocenters. The van der Waals surface area contributed by atoms with Gasteiger partial charge < -0.3 is 9.64 Å². The second kappa shape index (κ2) is 8.13. The van der Waals surface area contributed by atoms with Crippen LogP contribution in [0.4, 0.5) is 0 Å². The third-order valence-corrected chi connectivity index (χ3v) is 5.48. The monoisotopic (exact) mass is 388 g/mol. The van der Waals surface area contributed by atoms with Crippen molar-refractivity contribution in [1.29, 1.82) is 0 Å². The number of hydrogen-bond donors (Lipinski definition) is 0. The van der Waals surface area contributed by atoms with Gasteiger partial charge in [-0.25, -0.2) is 0 Å². The maximum absolute atomic E-state index is 5.95. The van der Waals surface area contributed by atoms with Crippen LogP contribution in [0, 0.1) is 0 Å². The SMILES string of the molecule is c1cnc2c(c1)c(-c1ccc(OCCCN3CCCCC3)cc1)nn1cnnc21. The molecule has 0 spiro atoms. The predicted molar refractivity (Wildman–Crippen MR) is 112 cm³/mol. The molecule has 4 heterocycles. The van der Waals surface area contributed by atoms with E-state index < -0.39 is 0 Å². The summed E-state index contributed by atoms with van der Waals surface area (Å²) in [6.45, 7) is 4.34. The van der Waals surface area contributed by atoms with Crippen LogP contribution >= 0.6 is 0 Å². The molecular formula is C22H24N6O. The van der Waals surface area contributed by atoms with Gasteiger partial charge in [-0.3, -0.25) is 4.98 Å². The molecule has 1 aliphatic rings. The van der Waals surface area contributed by atoms with Gasteiger partial charge in [0.15, 0.2) is 0 Å². The molecule has 1 fully saturated rings. The van der Waals surface area contributed by atoms with Crippen LogP contribution in [-0.4, -0.2) is 55.9 Å². The molecule has 0 radical (unpaired) electrons. The minimum Gasteiger partial charge on any atom is -0.494 e. The maximum atomic E-state index is 5.95. The van der Waals surface area contributed by atoms with E-state index in [1.54, 1.807) is 17.0 Å². The third kappa shape index (κ3) is 3.78. The molecule has 0 aliphatic carbocycles. The van der Waals surface area contributed by atoms with E-state index in [9.17, 15) is 0 Å². The normalized spacial score (nSPS) is 15.2. The van der Waals surface area contributed by atoms with Crippen molar-refractivity contribution < 1.29 is 4.74 Å². The molecule has 4 aromatic rings. The molecule has 0 unspecified atom stereocenters. The molecule has 7 nitrogen and oxygen atoms in total. The van der Waals surface area contributed by atoms with Crippen molar-refractivity contribution in [2.45, 2.75) is 25.7 Å². The molecule has 5 rings (SSSR count). The van der Waals surface area contributed by atoms with Gasteiger partial charge in [0.2, 0.25) is 5.65 Å². The van der Waals surface area contributed by atoms with Crippen molar-refractivity contribution in [1.82, 2.24) is 29.7 Å². The lowest BCUT2D eigenvalue weighted by Gasteiger charge is -2.26. The number of rotatable bonds is 6. The van der Waals surface area contributed by atoms with Crippen LogP contribution < -0.4 is 4.74 Å². The number of ether oxygens (including phenoxy) is 1. The minimum atomic E-state index is 0.665. The molecule has 0 N–H and O–H groups in total. The fourth-order valence-corrected chi connectivity index (χ4v) is 3.98. The Morgan fingerprint density at radius 3 is 2.72 bits per heavy atom. The highest BCUT2D eigenvalue weighted by atomic mass is 16.5. The van der Waals surface area contributed by atoms with Crippen molar-refractivity contribution in [2.75, 3.05) is 26.2 Å². The van der Waals surface area contributed by atoms with Crippen molar-refractivity contribution in [2.24, 2.45) is 0 Å². The molecular weight excluding hydrogens is 364 g/mol. The zero-order valence-electron chi connectivity index (χ0n) is 16.4. The fraction of sp³-hybridized carbons (Fsp3) is 0.364. The molecule has 1 saturated heterocycles. The Morgan fingerprint density at radius 1 is 1.00 bits per heavy atom. The summed E-state index contributed by atoms with van der Waals surface area (Å²) < 4.78 is 7.62. The van der Waals surface area contributed by atoms with Crippen molar-refractivity contribution in [3.63, 3.8) is 0 Å². The van der Waals surface area contributed by atoms with Crippen molar-refractivity contribution >= 4 is 16.6 Å². The van der Waals surface area contributed by atoms with Gasteiger partial charge in [0.1, 0.15) is 23.3 Å². The highest BCUT2D eigenvalue weighted by molar-refractivity contribution is 5.98. The molecule has 1 aromatic carbocycles. The van der Waals surface area contributed by atoms with Gasteiger partial charge in [0, 0.05) is 23.7 Å². The van der Waals surface area contributed by atoms with E-state index in [2.05, 4.69) is 20.1 Å². The molecule has 7 heteroatoms. The number of likely N-dealkylation sites (tertiary alicyclic amines) is 1. The lowest BCUT2D eigenvalue weighted by molar-refractivity contribution is 0.205. The summed E-state index contributed by atoms with van der Waals surface area (Å²) in [5, 5.41) is 13.8. The van der Waals surface area contributed by atoms with Crippen LogP contribution in [0.25, 0.3) is 27.8 Å². The second-order valence-electron chi connectivity index (χ2n) is 7.48. The van der Waals surface area contributed by atoms with Crippen LogP contribution in [0.2, 0.25) is 0 Å². The van der Waals surface area contributed by atoms with E-state index in [4.69, 9.17) is 9.84 Å². The van der Waals surface area contributed by atoms with Crippen LogP contribution in [0.15, 0.2) is 48.9 Å². The zero-order valence-corrected chi connectivity index (χ0v) is 16.4. The van der Waals surface area contributed by atoms with E-state index in [0.29, 0.717) is 5.65 Å². The number of fused-ring (bicyclic) bond motifs is 3. The van der Waals surface area contributed by atoms with E-state index >= 15 is 0 Å². The number of benzene rings is 1. The van der Waals surface area contributed by atoms with E-state index in [-0.39, 0.29) is 0 Å².